The molecule has 0 bridgehead atoms. The number of hydrogen-bond acceptors (Lipinski definition) is 5. The molecule has 0 radical (unpaired) electrons. The number of hydrazone groups is 1. The monoisotopic (exact) mass is 385 g/mol. The van der Waals surface area contributed by atoms with E-state index in [-0.39, 0.29) is 0 Å². The number of benzene rings is 3. The van der Waals surface area contributed by atoms with Crippen molar-refractivity contribution in [3.05, 3.63) is 95.4 Å². The molecule has 138 valence electrons. The van der Waals surface area contributed by atoms with Crippen LogP contribution in [0.3, 0.4) is 0 Å². The van der Waals surface area contributed by atoms with Crippen molar-refractivity contribution in [2.75, 3.05) is 5.43 Å². The van der Waals surface area contributed by atoms with Crippen molar-refractivity contribution in [3.8, 4) is 22.8 Å². The minimum absolute atomic E-state index is 0.759. The van der Waals surface area contributed by atoms with E-state index in [0.717, 1.165) is 33.5 Å². The summed E-state index contributed by atoms with van der Waals surface area (Å²) in [5.74, 6) is 1.63. The third kappa shape index (κ3) is 4.64. The van der Waals surface area contributed by atoms with E-state index >= 15 is 0 Å². The number of thiazole rings is 1. The summed E-state index contributed by atoms with van der Waals surface area (Å²) >= 11 is 1.53. The molecule has 0 saturated carbocycles. The summed E-state index contributed by atoms with van der Waals surface area (Å²) in [6.45, 7) is 2.05. The van der Waals surface area contributed by atoms with Gasteiger partial charge >= 0.3 is 0 Å². The van der Waals surface area contributed by atoms with Gasteiger partial charge in [-0.05, 0) is 54.4 Å². The average Bonchev–Trinajstić information content (AvgIpc) is 3.19. The number of anilines is 1. The van der Waals surface area contributed by atoms with Gasteiger partial charge in [-0.2, -0.15) is 5.10 Å². The zero-order valence-electron chi connectivity index (χ0n) is 15.4. The molecule has 1 heterocycles. The van der Waals surface area contributed by atoms with Gasteiger partial charge in [0.05, 0.1) is 11.9 Å². The van der Waals surface area contributed by atoms with E-state index in [0.29, 0.717) is 0 Å². The minimum Gasteiger partial charge on any atom is -0.457 e. The number of ether oxygens (including phenoxy) is 1. The summed E-state index contributed by atoms with van der Waals surface area (Å²) in [6.07, 6.45) is 1.76. The number of hydrogen-bond donors (Lipinski definition) is 1. The van der Waals surface area contributed by atoms with Crippen LogP contribution in [0, 0.1) is 6.92 Å². The van der Waals surface area contributed by atoms with Gasteiger partial charge < -0.3 is 4.74 Å². The molecule has 0 atom stereocenters. The number of aryl methyl sites for hydroxylation is 1. The fourth-order valence-corrected chi connectivity index (χ4v) is 3.33. The lowest BCUT2D eigenvalue weighted by Crippen LogP contribution is -1.91. The second-order valence-corrected chi connectivity index (χ2v) is 7.12. The highest BCUT2D eigenvalue weighted by molar-refractivity contribution is 7.14. The van der Waals surface area contributed by atoms with Crippen molar-refractivity contribution in [3.63, 3.8) is 0 Å². The molecular weight excluding hydrogens is 366 g/mol. The van der Waals surface area contributed by atoms with E-state index in [9.17, 15) is 0 Å². The van der Waals surface area contributed by atoms with Gasteiger partial charge in [-0.25, -0.2) is 4.98 Å². The topological polar surface area (TPSA) is 46.5 Å². The first-order valence-corrected chi connectivity index (χ1v) is 9.79. The van der Waals surface area contributed by atoms with Crippen LogP contribution in [0.2, 0.25) is 0 Å². The van der Waals surface area contributed by atoms with Crippen molar-refractivity contribution < 1.29 is 4.74 Å². The Bertz CT molecular complexity index is 1070. The van der Waals surface area contributed by atoms with Crippen molar-refractivity contribution in [2.45, 2.75) is 6.92 Å². The van der Waals surface area contributed by atoms with Crippen LogP contribution in [0.4, 0.5) is 5.13 Å². The van der Waals surface area contributed by atoms with Crippen molar-refractivity contribution in [1.82, 2.24) is 4.98 Å². The largest absolute Gasteiger partial charge is 0.457 e. The van der Waals surface area contributed by atoms with Gasteiger partial charge in [-0.3, -0.25) is 5.43 Å². The van der Waals surface area contributed by atoms with Crippen LogP contribution >= 0.6 is 11.3 Å². The van der Waals surface area contributed by atoms with E-state index in [4.69, 9.17) is 4.74 Å². The van der Waals surface area contributed by atoms with Crippen LogP contribution in [0.25, 0.3) is 11.3 Å². The first kappa shape index (κ1) is 17.9. The highest BCUT2D eigenvalue weighted by Gasteiger charge is 2.03. The van der Waals surface area contributed by atoms with Gasteiger partial charge in [0.1, 0.15) is 11.5 Å². The average molecular weight is 385 g/mol. The van der Waals surface area contributed by atoms with E-state index in [1.54, 1.807) is 6.21 Å². The van der Waals surface area contributed by atoms with Gasteiger partial charge in [0, 0.05) is 10.9 Å². The standard InChI is InChI=1S/C23H19N3OS/c1-17-6-5-9-21(14-17)27-20-12-10-18(11-13-20)15-24-26-23-25-22(16-28-23)19-7-3-2-4-8-19/h2-16H,1H3,(H,25,26). The van der Waals surface area contributed by atoms with Gasteiger partial charge in [0.25, 0.3) is 0 Å². The Labute approximate surface area is 168 Å². The molecule has 5 heteroatoms. The lowest BCUT2D eigenvalue weighted by Gasteiger charge is -2.06. The van der Waals surface area contributed by atoms with E-state index in [1.165, 1.54) is 16.9 Å². The Balaban J connectivity index is 1.35. The quantitative estimate of drug-likeness (QED) is 0.310. The third-order valence-electron chi connectivity index (χ3n) is 4.05. The number of rotatable bonds is 6. The maximum atomic E-state index is 5.86. The van der Waals surface area contributed by atoms with Gasteiger partial charge in [0.2, 0.25) is 5.13 Å². The van der Waals surface area contributed by atoms with Crippen LogP contribution in [0.1, 0.15) is 11.1 Å². The SMILES string of the molecule is Cc1cccc(Oc2ccc(C=NNc3nc(-c4ccccc4)cs3)cc2)c1. The van der Waals surface area contributed by atoms with Gasteiger partial charge in [-0.1, -0.05) is 42.5 Å². The second kappa shape index (κ2) is 8.50. The summed E-state index contributed by atoms with van der Waals surface area (Å²) in [4.78, 5) is 4.55. The molecular formula is C23H19N3OS. The fourth-order valence-electron chi connectivity index (χ4n) is 2.67. The maximum absolute atomic E-state index is 5.86. The Morgan fingerprint density at radius 1 is 0.929 bits per heavy atom. The Kier molecular flexibility index (Phi) is 5.45. The molecule has 1 aromatic heterocycles. The molecule has 28 heavy (non-hydrogen) atoms. The molecule has 0 aliphatic carbocycles. The lowest BCUT2D eigenvalue weighted by atomic mass is 10.2. The predicted molar refractivity (Wildman–Crippen MR) is 116 cm³/mol. The first-order chi connectivity index (χ1) is 13.8. The molecule has 0 aliphatic heterocycles. The Morgan fingerprint density at radius 2 is 1.75 bits per heavy atom. The molecule has 4 nitrogen and oxygen atoms in total. The maximum Gasteiger partial charge on any atom is 0.203 e. The molecule has 1 N–H and O–H groups in total. The summed E-state index contributed by atoms with van der Waals surface area (Å²) in [6, 6.07) is 25.9. The molecule has 0 aliphatic rings. The van der Waals surface area contributed by atoms with Crippen LogP contribution in [0.5, 0.6) is 11.5 Å². The summed E-state index contributed by atoms with van der Waals surface area (Å²) in [7, 11) is 0. The van der Waals surface area contributed by atoms with Crippen molar-refractivity contribution >= 4 is 22.7 Å². The molecule has 3 aromatic carbocycles. The highest BCUT2D eigenvalue weighted by atomic mass is 32.1. The normalized spacial score (nSPS) is 10.9. The molecule has 4 rings (SSSR count). The molecule has 4 aromatic rings. The minimum atomic E-state index is 0.759. The number of nitrogens with one attached hydrogen (secondary N) is 1. The smallest absolute Gasteiger partial charge is 0.203 e. The van der Waals surface area contributed by atoms with Crippen LogP contribution in [0.15, 0.2) is 89.3 Å². The van der Waals surface area contributed by atoms with Gasteiger partial charge in [0.15, 0.2) is 0 Å². The van der Waals surface area contributed by atoms with Crippen molar-refractivity contribution in [2.24, 2.45) is 5.10 Å². The van der Waals surface area contributed by atoms with Crippen LogP contribution in [-0.4, -0.2) is 11.2 Å². The molecule has 0 spiro atoms. The lowest BCUT2D eigenvalue weighted by molar-refractivity contribution is 0.482. The second-order valence-electron chi connectivity index (χ2n) is 6.26. The Hall–Kier alpha value is -3.44. The molecule has 0 fully saturated rings. The van der Waals surface area contributed by atoms with Crippen LogP contribution in [-0.2, 0) is 0 Å². The fraction of sp³-hybridized carbons (Fsp3) is 0.0435. The Morgan fingerprint density at radius 3 is 2.54 bits per heavy atom. The molecule has 0 amide bonds. The zero-order valence-corrected chi connectivity index (χ0v) is 16.2. The van der Waals surface area contributed by atoms with E-state index in [2.05, 4.69) is 15.5 Å². The summed E-state index contributed by atoms with van der Waals surface area (Å²) < 4.78 is 5.86. The first-order valence-electron chi connectivity index (χ1n) is 8.91. The predicted octanol–water partition coefficient (Wildman–Crippen LogP) is 6.36. The van der Waals surface area contributed by atoms with Gasteiger partial charge in [-0.15, -0.1) is 11.3 Å². The van der Waals surface area contributed by atoms with Crippen molar-refractivity contribution in [1.29, 1.82) is 0 Å². The van der Waals surface area contributed by atoms with Crippen LogP contribution < -0.4 is 10.2 Å². The molecule has 0 saturated heterocycles. The summed E-state index contributed by atoms with van der Waals surface area (Å²) in [5.41, 5.74) is 7.18. The number of aromatic nitrogens is 1. The third-order valence-corrected chi connectivity index (χ3v) is 4.80. The highest BCUT2D eigenvalue weighted by Crippen LogP contribution is 2.25. The molecule has 0 unspecified atom stereocenters. The van der Waals surface area contributed by atoms with E-state index < -0.39 is 0 Å². The summed E-state index contributed by atoms with van der Waals surface area (Å²) in [5, 5.41) is 7.05. The number of nitrogens with zero attached hydrogens (tertiary/aromatic N) is 2. The zero-order chi connectivity index (χ0) is 19.2. The van der Waals surface area contributed by atoms with E-state index in [1.807, 2.05) is 91.2 Å².